The smallest absolute Gasteiger partial charge is 0.430 e. The molecule has 0 aliphatic heterocycles. The molecule has 0 N–H and O–H groups in total. The van der Waals surface area contributed by atoms with Gasteiger partial charge in [-0.25, -0.2) is 4.39 Å². The molecule has 1 atom stereocenters. The van der Waals surface area contributed by atoms with Crippen LogP contribution in [0.5, 0.6) is 5.75 Å². The zero-order valence-electron chi connectivity index (χ0n) is 19.0. The maximum atomic E-state index is 13.4. The van der Waals surface area contributed by atoms with Gasteiger partial charge in [0.2, 0.25) is 0 Å². The molecule has 0 amide bonds. The van der Waals surface area contributed by atoms with Gasteiger partial charge in [-0.1, -0.05) is 49.5 Å². The fourth-order valence-corrected chi connectivity index (χ4v) is 4.10. The Morgan fingerprint density at radius 2 is 1.53 bits per heavy atom. The predicted octanol–water partition coefficient (Wildman–Crippen LogP) is 8.23. The maximum absolute atomic E-state index is 13.4. The van der Waals surface area contributed by atoms with E-state index in [0.29, 0.717) is 0 Å². The quantitative estimate of drug-likeness (QED) is 0.285. The summed E-state index contributed by atoms with van der Waals surface area (Å²) in [5.41, 5.74) is 3.20. The van der Waals surface area contributed by atoms with E-state index < -0.39 is 24.2 Å². The van der Waals surface area contributed by atoms with Crippen molar-refractivity contribution < 1.29 is 31.1 Å². The summed E-state index contributed by atoms with van der Waals surface area (Å²) in [5, 5.41) is 0. The van der Waals surface area contributed by atoms with Crippen LogP contribution in [0.3, 0.4) is 0 Å². The molecule has 3 rings (SSSR count). The lowest BCUT2D eigenvalue weighted by atomic mass is 9.79. The van der Waals surface area contributed by atoms with Gasteiger partial charge in [-0.05, 0) is 79.8 Å². The van der Waals surface area contributed by atoms with Crippen LogP contribution in [-0.2, 0) is 6.42 Å². The molecule has 1 saturated carbocycles. The molecule has 184 valence electrons. The van der Waals surface area contributed by atoms with Crippen molar-refractivity contribution in [3.63, 3.8) is 0 Å². The topological polar surface area (TPSA) is 9.23 Å². The number of ether oxygens (including phenoxy) is 1. The molecule has 1 fully saturated rings. The molecule has 0 spiro atoms. The first-order valence-corrected chi connectivity index (χ1v) is 11.6. The second-order valence-electron chi connectivity index (χ2n) is 8.76. The molecule has 0 radical (unpaired) electrons. The van der Waals surface area contributed by atoms with Gasteiger partial charge in [0, 0.05) is 11.5 Å². The lowest BCUT2D eigenvalue weighted by Crippen LogP contribution is -2.45. The van der Waals surface area contributed by atoms with Gasteiger partial charge in [0.05, 0.1) is 0 Å². The molecular weight excluding hydrogens is 454 g/mol. The Bertz CT molecular complexity index is 961. The summed E-state index contributed by atoms with van der Waals surface area (Å²) in [6.07, 6.45) is -8.14. The number of benzene rings is 2. The summed E-state index contributed by atoms with van der Waals surface area (Å²) < 4.78 is 80.6. The lowest BCUT2D eigenvalue weighted by Gasteiger charge is -2.26. The van der Waals surface area contributed by atoms with Gasteiger partial charge in [0.15, 0.2) is 0 Å². The summed E-state index contributed by atoms with van der Waals surface area (Å²) >= 11 is 0. The van der Waals surface area contributed by atoms with Crippen LogP contribution in [0.25, 0.3) is 0 Å². The summed E-state index contributed by atoms with van der Waals surface area (Å²) in [6, 6.07) is 13.7. The minimum Gasteiger partial charge on any atom is -0.430 e. The molecule has 2 aromatic carbocycles. The van der Waals surface area contributed by atoms with Crippen LogP contribution in [0.4, 0.5) is 26.3 Å². The van der Waals surface area contributed by atoms with E-state index in [0.717, 1.165) is 55.4 Å². The van der Waals surface area contributed by atoms with E-state index in [1.165, 1.54) is 18.4 Å². The van der Waals surface area contributed by atoms with Crippen molar-refractivity contribution in [1.82, 2.24) is 0 Å². The summed E-state index contributed by atoms with van der Waals surface area (Å²) in [4.78, 5) is 0. The summed E-state index contributed by atoms with van der Waals surface area (Å²) in [7, 11) is 0. The fraction of sp³-hybridized carbons (Fsp3) is 0.481. The van der Waals surface area contributed by atoms with E-state index in [-0.39, 0.29) is 11.8 Å². The van der Waals surface area contributed by atoms with Gasteiger partial charge < -0.3 is 4.74 Å². The Balaban J connectivity index is 1.51. The molecule has 34 heavy (non-hydrogen) atoms. The van der Waals surface area contributed by atoms with Crippen LogP contribution in [0, 0.1) is 17.8 Å². The van der Waals surface area contributed by atoms with Crippen LogP contribution >= 0.6 is 0 Å². The van der Waals surface area contributed by atoms with Crippen molar-refractivity contribution in [1.29, 1.82) is 0 Å². The summed E-state index contributed by atoms with van der Waals surface area (Å²) in [6.45, 7) is 2.17. The van der Waals surface area contributed by atoms with Crippen molar-refractivity contribution >= 4 is 0 Å². The van der Waals surface area contributed by atoms with Crippen molar-refractivity contribution in [3.05, 3.63) is 65.2 Å². The van der Waals surface area contributed by atoms with Crippen LogP contribution in [0.2, 0.25) is 0 Å². The molecule has 0 bridgehead atoms. The lowest BCUT2D eigenvalue weighted by molar-refractivity contribution is -0.304. The number of aryl methyl sites for hydroxylation is 1. The standard InChI is InChI=1S/C27H28F6O/c1-2-3-4-19-5-7-20(8-6-19)9-10-21-11-13-22(14-12-21)23-15-17-24(18-16-23)34-27(32,33)25(28)26(29,30)31/h5-8,15-18,21-22,25H,2-4,11-14H2,1H3. The monoisotopic (exact) mass is 482 g/mol. The maximum Gasteiger partial charge on any atom is 0.439 e. The predicted molar refractivity (Wildman–Crippen MR) is 120 cm³/mol. The normalized spacial score (nSPS) is 19.7. The molecule has 0 heterocycles. The van der Waals surface area contributed by atoms with E-state index in [1.807, 2.05) is 0 Å². The molecule has 2 aromatic rings. The minimum absolute atomic E-state index is 0.203. The van der Waals surface area contributed by atoms with Crippen molar-refractivity contribution in [2.75, 3.05) is 0 Å². The molecule has 7 heteroatoms. The molecule has 1 unspecified atom stereocenters. The molecular formula is C27H28F6O. The average Bonchev–Trinajstić information content (AvgIpc) is 2.81. The third-order valence-electron chi connectivity index (χ3n) is 6.11. The van der Waals surface area contributed by atoms with Crippen molar-refractivity contribution in [2.45, 2.75) is 76.2 Å². The Labute approximate surface area is 196 Å². The Morgan fingerprint density at radius 1 is 0.912 bits per heavy atom. The Morgan fingerprint density at radius 3 is 2.09 bits per heavy atom. The SMILES string of the molecule is CCCCc1ccc(C#CC2CCC(c3ccc(OC(F)(F)C(F)C(F)(F)F)cc3)CC2)cc1. The van der Waals surface area contributed by atoms with E-state index in [1.54, 1.807) is 12.1 Å². The van der Waals surface area contributed by atoms with Crippen LogP contribution in [0.15, 0.2) is 48.5 Å². The second kappa shape index (κ2) is 11.2. The largest absolute Gasteiger partial charge is 0.439 e. The van der Waals surface area contributed by atoms with E-state index in [9.17, 15) is 26.3 Å². The zero-order chi connectivity index (χ0) is 24.8. The van der Waals surface area contributed by atoms with Gasteiger partial charge in [0.25, 0.3) is 6.17 Å². The second-order valence-corrected chi connectivity index (χ2v) is 8.76. The van der Waals surface area contributed by atoms with Crippen LogP contribution in [-0.4, -0.2) is 18.5 Å². The van der Waals surface area contributed by atoms with Gasteiger partial charge in [-0.15, -0.1) is 0 Å². The Kier molecular flexibility index (Phi) is 8.57. The summed E-state index contributed by atoms with van der Waals surface area (Å²) in [5.74, 6) is 6.57. The van der Waals surface area contributed by atoms with Crippen LogP contribution < -0.4 is 4.74 Å². The molecule has 1 aliphatic rings. The molecule has 1 nitrogen and oxygen atoms in total. The van der Waals surface area contributed by atoms with E-state index in [4.69, 9.17) is 0 Å². The first-order valence-electron chi connectivity index (χ1n) is 11.6. The highest BCUT2D eigenvalue weighted by Crippen LogP contribution is 2.38. The zero-order valence-corrected chi connectivity index (χ0v) is 19.0. The van der Waals surface area contributed by atoms with Crippen molar-refractivity contribution in [3.8, 4) is 17.6 Å². The highest BCUT2D eigenvalue weighted by molar-refractivity contribution is 5.37. The van der Waals surface area contributed by atoms with Gasteiger partial charge >= 0.3 is 12.3 Å². The number of unbranched alkanes of at least 4 members (excludes halogenated alkanes) is 1. The van der Waals surface area contributed by atoms with E-state index >= 15 is 0 Å². The number of rotatable bonds is 7. The first-order chi connectivity index (χ1) is 16.1. The third-order valence-corrected chi connectivity index (χ3v) is 6.11. The van der Waals surface area contributed by atoms with Gasteiger partial charge in [-0.2, -0.15) is 22.0 Å². The highest BCUT2D eigenvalue weighted by Gasteiger charge is 2.59. The number of halogens is 6. The Hall–Kier alpha value is -2.62. The average molecular weight is 483 g/mol. The minimum atomic E-state index is -5.71. The number of hydrogen-bond donors (Lipinski definition) is 0. The van der Waals surface area contributed by atoms with E-state index in [2.05, 4.69) is 47.8 Å². The number of alkyl halides is 6. The third kappa shape index (κ3) is 7.19. The van der Waals surface area contributed by atoms with Crippen LogP contribution in [0.1, 0.15) is 68.1 Å². The van der Waals surface area contributed by atoms with Gasteiger partial charge in [0.1, 0.15) is 5.75 Å². The molecule has 0 aromatic heterocycles. The first kappa shape index (κ1) is 26.0. The number of hydrogen-bond acceptors (Lipinski definition) is 1. The molecule has 1 aliphatic carbocycles. The van der Waals surface area contributed by atoms with Gasteiger partial charge in [-0.3, -0.25) is 0 Å². The highest BCUT2D eigenvalue weighted by atomic mass is 19.4. The van der Waals surface area contributed by atoms with Crippen molar-refractivity contribution in [2.24, 2.45) is 5.92 Å². The fourth-order valence-electron chi connectivity index (χ4n) is 4.10. The molecule has 0 saturated heterocycles.